The fourth-order valence-electron chi connectivity index (χ4n) is 3.51. The van der Waals surface area contributed by atoms with Crippen molar-refractivity contribution >= 4 is 32.4 Å². The van der Waals surface area contributed by atoms with Gasteiger partial charge in [-0.2, -0.15) is 0 Å². The molecule has 1 aromatic heterocycles. The number of methoxy groups -OCH3 is 3. The minimum atomic E-state index is -3.27. The molecule has 0 amide bonds. The number of para-hydroxylation sites is 1. The van der Waals surface area contributed by atoms with E-state index >= 15 is 0 Å². The summed E-state index contributed by atoms with van der Waals surface area (Å²) in [5.41, 5.74) is 3.11. The van der Waals surface area contributed by atoms with E-state index < -0.39 is 9.84 Å². The molecule has 4 aromatic rings. The molecule has 0 saturated heterocycles. The average Bonchev–Trinajstić information content (AvgIpc) is 2.82. The topological polar surface area (TPSA) is 99.6 Å². The Morgan fingerprint density at radius 3 is 2.12 bits per heavy atom. The highest BCUT2D eigenvalue weighted by molar-refractivity contribution is 7.90. The third kappa shape index (κ3) is 4.54. The van der Waals surface area contributed by atoms with Gasteiger partial charge >= 0.3 is 0 Å². The Labute approximate surface area is 192 Å². The third-order valence-corrected chi connectivity index (χ3v) is 6.25. The number of aromatic nitrogens is 2. The summed E-state index contributed by atoms with van der Waals surface area (Å²) in [6, 6.07) is 16.1. The minimum absolute atomic E-state index is 0.269. The van der Waals surface area contributed by atoms with Crippen molar-refractivity contribution in [3.8, 4) is 28.4 Å². The molecule has 0 aliphatic rings. The fourth-order valence-corrected chi connectivity index (χ4v) is 4.14. The summed E-state index contributed by atoms with van der Waals surface area (Å²) in [6.07, 6.45) is 2.92. The van der Waals surface area contributed by atoms with Crippen molar-refractivity contribution in [3.05, 3.63) is 60.8 Å². The molecule has 33 heavy (non-hydrogen) atoms. The van der Waals surface area contributed by atoms with E-state index in [0.29, 0.717) is 28.9 Å². The third-order valence-electron chi connectivity index (χ3n) is 5.13. The zero-order chi connectivity index (χ0) is 23.6. The second kappa shape index (κ2) is 8.95. The Kier molecular flexibility index (Phi) is 6.06. The average molecular weight is 466 g/mol. The van der Waals surface area contributed by atoms with E-state index in [1.807, 2.05) is 18.2 Å². The van der Waals surface area contributed by atoms with Crippen LogP contribution in [-0.2, 0) is 9.84 Å². The van der Waals surface area contributed by atoms with Crippen molar-refractivity contribution in [2.75, 3.05) is 32.9 Å². The highest BCUT2D eigenvalue weighted by Gasteiger charge is 2.15. The molecule has 0 aliphatic heterocycles. The van der Waals surface area contributed by atoms with Crippen LogP contribution in [0.25, 0.3) is 22.0 Å². The van der Waals surface area contributed by atoms with Gasteiger partial charge in [0, 0.05) is 41.2 Å². The normalized spacial score (nSPS) is 11.3. The van der Waals surface area contributed by atoms with Gasteiger partial charge in [-0.05, 0) is 17.7 Å². The first kappa shape index (κ1) is 22.3. The zero-order valence-corrected chi connectivity index (χ0v) is 19.4. The van der Waals surface area contributed by atoms with E-state index in [4.69, 9.17) is 19.2 Å². The van der Waals surface area contributed by atoms with Crippen LogP contribution in [0, 0.1) is 0 Å². The van der Waals surface area contributed by atoms with Crippen LogP contribution < -0.4 is 19.5 Å². The molecule has 0 unspecified atom stereocenters. The summed E-state index contributed by atoms with van der Waals surface area (Å²) < 4.78 is 39.8. The standard InChI is InChI=1S/C24H23N3O5S/c1-30-20-12-17(13-21(31-2)23(20)32-3)26-24-25-14-16-6-5-7-19(22(16)27-24)15-8-10-18(11-9-15)33(4,28)29/h5-14H,1-4H3,(H,25,26,27). The lowest BCUT2D eigenvalue weighted by Crippen LogP contribution is -2.01. The summed E-state index contributed by atoms with van der Waals surface area (Å²) in [7, 11) is 1.38. The van der Waals surface area contributed by atoms with Gasteiger partial charge in [-0.3, -0.25) is 0 Å². The van der Waals surface area contributed by atoms with Crippen LogP contribution >= 0.6 is 0 Å². The second-order valence-corrected chi connectivity index (χ2v) is 9.29. The zero-order valence-electron chi connectivity index (χ0n) is 18.6. The first-order chi connectivity index (χ1) is 15.8. The van der Waals surface area contributed by atoms with Crippen molar-refractivity contribution in [2.24, 2.45) is 0 Å². The number of anilines is 2. The molecule has 0 bridgehead atoms. The van der Waals surface area contributed by atoms with Crippen molar-refractivity contribution in [1.82, 2.24) is 9.97 Å². The van der Waals surface area contributed by atoms with Gasteiger partial charge in [-0.25, -0.2) is 18.4 Å². The maximum atomic E-state index is 11.8. The summed E-state index contributed by atoms with van der Waals surface area (Å²) in [5.74, 6) is 1.89. The van der Waals surface area contributed by atoms with E-state index in [9.17, 15) is 8.42 Å². The summed E-state index contributed by atoms with van der Waals surface area (Å²) in [5, 5.41) is 4.04. The maximum Gasteiger partial charge on any atom is 0.227 e. The molecular weight excluding hydrogens is 442 g/mol. The van der Waals surface area contributed by atoms with E-state index in [1.165, 1.54) is 6.26 Å². The summed E-state index contributed by atoms with van der Waals surface area (Å²) in [4.78, 5) is 9.41. The molecule has 1 N–H and O–H groups in total. The van der Waals surface area contributed by atoms with Crippen LogP contribution in [0.3, 0.4) is 0 Å². The maximum absolute atomic E-state index is 11.8. The monoisotopic (exact) mass is 465 g/mol. The molecular formula is C24H23N3O5S. The largest absolute Gasteiger partial charge is 0.493 e. The van der Waals surface area contributed by atoms with Gasteiger partial charge in [-0.1, -0.05) is 30.3 Å². The number of sulfone groups is 1. The number of nitrogens with one attached hydrogen (secondary N) is 1. The number of hydrogen-bond donors (Lipinski definition) is 1. The Morgan fingerprint density at radius 2 is 1.55 bits per heavy atom. The van der Waals surface area contributed by atoms with Gasteiger partial charge in [0.15, 0.2) is 21.3 Å². The predicted octanol–water partition coefficient (Wildman–Crippen LogP) is 4.47. The molecule has 170 valence electrons. The van der Waals surface area contributed by atoms with Gasteiger partial charge in [-0.15, -0.1) is 0 Å². The van der Waals surface area contributed by atoms with Crippen LogP contribution in [0.4, 0.5) is 11.6 Å². The fraction of sp³-hybridized carbons (Fsp3) is 0.167. The van der Waals surface area contributed by atoms with Gasteiger partial charge in [0.1, 0.15) is 0 Å². The van der Waals surface area contributed by atoms with E-state index in [2.05, 4.69) is 10.3 Å². The van der Waals surface area contributed by atoms with Crippen molar-refractivity contribution in [2.45, 2.75) is 4.90 Å². The minimum Gasteiger partial charge on any atom is -0.493 e. The molecule has 0 spiro atoms. The Bertz CT molecular complexity index is 1400. The molecule has 0 aliphatic carbocycles. The smallest absolute Gasteiger partial charge is 0.227 e. The second-order valence-electron chi connectivity index (χ2n) is 7.27. The first-order valence-electron chi connectivity index (χ1n) is 9.97. The number of rotatable bonds is 7. The number of ether oxygens (including phenoxy) is 3. The van der Waals surface area contributed by atoms with E-state index in [1.54, 1.807) is 63.9 Å². The number of benzene rings is 3. The summed E-state index contributed by atoms with van der Waals surface area (Å²) >= 11 is 0. The van der Waals surface area contributed by atoms with Crippen LogP contribution in [0.2, 0.25) is 0 Å². The highest BCUT2D eigenvalue weighted by atomic mass is 32.2. The highest BCUT2D eigenvalue weighted by Crippen LogP contribution is 2.40. The molecule has 0 atom stereocenters. The van der Waals surface area contributed by atoms with E-state index in [0.717, 1.165) is 22.0 Å². The lowest BCUT2D eigenvalue weighted by molar-refractivity contribution is 0.324. The van der Waals surface area contributed by atoms with Crippen molar-refractivity contribution in [3.63, 3.8) is 0 Å². The Balaban J connectivity index is 1.75. The Morgan fingerprint density at radius 1 is 0.879 bits per heavy atom. The van der Waals surface area contributed by atoms with Crippen LogP contribution in [0.1, 0.15) is 0 Å². The van der Waals surface area contributed by atoms with Crippen molar-refractivity contribution < 1.29 is 22.6 Å². The Hall–Kier alpha value is -3.85. The van der Waals surface area contributed by atoms with E-state index in [-0.39, 0.29) is 4.90 Å². The van der Waals surface area contributed by atoms with Crippen molar-refractivity contribution in [1.29, 1.82) is 0 Å². The molecule has 4 rings (SSSR count). The van der Waals surface area contributed by atoms with Gasteiger partial charge in [0.2, 0.25) is 11.7 Å². The molecule has 8 nitrogen and oxygen atoms in total. The van der Waals surface area contributed by atoms with Crippen LogP contribution in [0.15, 0.2) is 65.7 Å². The number of hydrogen-bond acceptors (Lipinski definition) is 8. The molecule has 0 fully saturated rings. The van der Waals surface area contributed by atoms with Crippen LogP contribution in [-0.4, -0.2) is 46.0 Å². The molecule has 9 heteroatoms. The lowest BCUT2D eigenvalue weighted by atomic mass is 10.0. The van der Waals surface area contributed by atoms with Gasteiger partial charge < -0.3 is 19.5 Å². The predicted molar refractivity (Wildman–Crippen MR) is 127 cm³/mol. The molecule has 0 radical (unpaired) electrons. The van der Waals surface area contributed by atoms with Gasteiger partial charge in [0.25, 0.3) is 0 Å². The summed E-state index contributed by atoms with van der Waals surface area (Å²) in [6.45, 7) is 0. The first-order valence-corrected chi connectivity index (χ1v) is 11.9. The number of nitrogens with zero attached hydrogens (tertiary/aromatic N) is 2. The quantitative estimate of drug-likeness (QED) is 0.427. The molecule has 1 heterocycles. The number of fused-ring (bicyclic) bond motifs is 1. The SMILES string of the molecule is COc1cc(Nc2ncc3cccc(-c4ccc(S(C)(=O)=O)cc4)c3n2)cc(OC)c1OC. The van der Waals surface area contributed by atoms with Gasteiger partial charge in [0.05, 0.1) is 31.7 Å². The molecule has 0 saturated carbocycles. The molecule has 3 aromatic carbocycles. The lowest BCUT2D eigenvalue weighted by Gasteiger charge is -2.15. The van der Waals surface area contributed by atoms with Crippen LogP contribution in [0.5, 0.6) is 17.2 Å².